The van der Waals surface area contributed by atoms with Gasteiger partial charge in [-0.1, -0.05) is 30.3 Å². The fraction of sp³-hybridized carbons (Fsp3) is 0.308. The zero-order chi connectivity index (χ0) is 12.1. The van der Waals surface area contributed by atoms with Crippen LogP contribution in [0.3, 0.4) is 0 Å². The highest BCUT2D eigenvalue weighted by Crippen LogP contribution is 2.07. The van der Waals surface area contributed by atoms with Gasteiger partial charge in [0.05, 0.1) is 17.3 Å². The van der Waals surface area contributed by atoms with E-state index in [0.717, 1.165) is 24.1 Å². The molecule has 1 aromatic carbocycles. The van der Waals surface area contributed by atoms with Crippen LogP contribution in [0.2, 0.25) is 0 Å². The molecule has 0 aliphatic heterocycles. The van der Waals surface area contributed by atoms with Gasteiger partial charge in [-0.25, -0.2) is 0 Å². The molecule has 0 N–H and O–H groups in total. The summed E-state index contributed by atoms with van der Waals surface area (Å²) in [4.78, 5) is 2.26. The molecule has 0 spiro atoms. The summed E-state index contributed by atoms with van der Waals surface area (Å²) in [6, 6.07) is 10.5. The maximum Gasteiger partial charge on any atom is 0.0926 e. The van der Waals surface area contributed by atoms with E-state index in [2.05, 4.69) is 63.3 Å². The summed E-state index contributed by atoms with van der Waals surface area (Å²) in [5.74, 6) is 0. The molecule has 0 amide bonds. The largest absolute Gasteiger partial charge is 0.287 e. The van der Waals surface area contributed by atoms with Crippen molar-refractivity contribution in [2.75, 3.05) is 13.6 Å². The lowest BCUT2D eigenvalue weighted by molar-refractivity contribution is 0.257. The molecule has 0 saturated heterocycles. The van der Waals surface area contributed by atoms with E-state index in [1.54, 1.807) is 0 Å². The number of likely N-dealkylation sites (N-methyl/N-ethyl adjacent to an activating group) is 1. The van der Waals surface area contributed by atoms with Gasteiger partial charge < -0.3 is 0 Å². The molecule has 3 nitrogen and oxygen atoms in total. The van der Waals surface area contributed by atoms with Gasteiger partial charge in [-0.2, -0.15) is 5.10 Å². The summed E-state index contributed by atoms with van der Waals surface area (Å²) < 4.78 is 2.95. The number of aromatic nitrogens is 2. The van der Waals surface area contributed by atoms with Gasteiger partial charge in [0.2, 0.25) is 0 Å². The maximum absolute atomic E-state index is 4.24. The predicted molar refractivity (Wildman–Crippen MR) is 72.7 cm³/mol. The minimum atomic E-state index is 0.818. The van der Waals surface area contributed by atoms with Gasteiger partial charge in [0, 0.05) is 12.7 Å². The van der Waals surface area contributed by atoms with E-state index in [-0.39, 0.29) is 0 Å². The lowest BCUT2D eigenvalue weighted by Gasteiger charge is -2.16. The van der Waals surface area contributed by atoms with E-state index in [4.69, 9.17) is 0 Å². The molecule has 0 saturated carbocycles. The molecule has 0 unspecified atom stereocenters. The minimum Gasteiger partial charge on any atom is -0.287 e. The molecule has 0 fully saturated rings. The van der Waals surface area contributed by atoms with Crippen molar-refractivity contribution in [1.29, 1.82) is 0 Å². The third kappa shape index (κ3) is 3.98. The monoisotopic (exact) mass is 293 g/mol. The average molecular weight is 294 g/mol. The van der Waals surface area contributed by atoms with E-state index >= 15 is 0 Å². The first-order chi connectivity index (χ1) is 8.24. The Morgan fingerprint density at radius 1 is 1.29 bits per heavy atom. The number of benzene rings is 1. The summed E-state index contributed by atoms with van der Waals surface area (Å²) in [7, 11) is 2.11. The van der Waals surface area contributed by atoms with Gasteiger partial charge in [-0.05, 0) is 35.0 Å². The van der Waals surface area contributed by atoms with Crippen LogP contribution in [-0.4, -0.2) is 28.3 Å². The Hall–Kier alpha value is -1.13. The first kappa shape index (κ1) is 12.3. The average Bonchev–Trinajstić information content (AvgIpc) is 2.73. The van der Waals surface area contributed by atoms with Crippen molar-refractivity contribution in [1.82, 2.24) is 14.7 Å². The molecule has 1 heterocycles. The van der Waals surface area contributed by atoms with Crippen molar-refractivity contribution in [2.45, 2.75) is 13.1 Å². The van der Waals surface area contributed by atoms with Crippen LogP contribution in [0, 0.1) is 0 Å². The van der Waals surface area contributed by atoms with Crippen LogP contribution in [-0.2, 0) is 13.1 Å². The van der Waals surface area contributed by atoms with Crippen LogP contribution in [0.15, 0.2) is 47.2 Å². The molecular formula is C13H16BrN3. The molecule has 0 atom stereocenters. The van der Waals surface area contributed by atoms with E-state index in [1.807, 2.05) is 17.1 Å². The van der Waals surface area contributed by atoms with Crippen LogP contribution < -0.4 is 0 Å². The Labute approximate surface area is 110 Å². The molecule has 17 heavy (non-hydrogen) atoms. The van der Waals surface area contributed by atoms with Crippen molar-refractivity contribution in [3.8, 4) is 0 Å². The number of nitrogens with zero attached hydrogens (tertiary/aromatic N) is 3. The SMILES string of the molecule is CN(CCc1ccccc1)Cn1cc(Br)cn1. The lowest BCUT2D eigenvalue weighted by atomic mass is 10.1. The van der Waals surface area contributed by atoms with Crippen LogP contribution in [0.25, 0.3) is 0 Å². The number of halogens is 1. The Morgan fingerprint density at radius 2 is 2.06 bits per heavy atom. The maximum atomic E-state index is 4.24. The van der Waals surface area contributed by atoms with Crippen molar-refractivity contribution in [3.63, 3.8) is 0 Å². The summed E-state index contributed by atoms with van der Waals surface area (Å²) in [6.45, 7) is 1.85. The zero-order valence-electron chi connectivity index (χ0n) is 9.88. The van der Waals surface area contributed by atoms with Gasteiger partial charge in [0.25, 0.3) is 0 Å². The predicted octanol–water partition coefficient (Wildman–Crippen LogP) is 2.78. The molecule has 0 aliphatic carbocycles. The second kappa shape index (κ2) is 5.98. The quantitative estimate of drug-likeness (QED) is 0.845. The number of rotatable bonds is 5. The van der Waals surface area contributed by atoms with E-state index in [1.165, 1.54) is 5.56 Å². The molecule has 0 bridgehead atoms. The molecule has 2 rings (SSSR count). The van der Waals surface area contributed by atoms with Gasteiger partial charge in [-0.15, -0.1) is 0 Å². The Kier molecular flexibility index (Phi) is 4.34. The Balaban J connectivity index is 1.80. The van der Waals surface area contributed by atoms with Crippen LogP contribution in [0.4, 0.5) is 0 Å². The fourth-order valence-corrected chi connectivity index (χ4v) is 2.03. The summed E-state index contributed by atoms with van der Waals surface area (Å²) in [5, 5.41) is 4.24. The first-order valence-electron chi connectivity index (χ1n) is 5.64. The van der Waals surface area contributed by atoms with Gasteiger partial charge in [0.1, 0.15) is 0 Å². The molecule has 0 aliphatic rings. The summed E-state index contributed by atoms with van der Waals surface area (Å²) in [5.41, 5.74) is 1.38. The highest BCUT2D eigenvalue weighted by molar-refractivity contribution is 9.10. The minimum absolute atomic E-state index is 0.818. The second-order valence-electron chi connectivity index (χ2n) is 4.15. The summed E-state index contributed by atoms with van der Waals surface area (Å²) >= 11 is 3.40. The number of hydrogen-bond acceptors (Lipinski definition) is 2. The van der Waals surface area contributed by atoms with E-state index < -0.39 is 0 Å². The molecule has 2 aromatic rings. The first-order valence-corrected chi connectivity index (χ1v) is 6.44. The number of hydrogen-bond donors (Lipinski definition) is 0. The third-order valence-corrected chi connectivity index (χ3v) is 3.02. The molecule has 4 heteroatoms. The van der Waals surface area contributed by atoms with Crippen molar-refractivity contribution < 1.29 is 0 Å². The Bertz CT molecular complexity index is 453. The third-order valence-electron chi connectivity index (χ3n) is 2.61. The highest BCUT2D eigenvalue weighted by atomic mass is 79.9. The van der Waals surface area contributed by atoms with Crippen LogP contribution in [0.5, 0.6) is 0 Å². The van der Waals surface area contributed by atoms with E-state index in [0.29, 0.717) is 0 Å². The van der Waals surface area contributed by atoms with Crippen molar-refractivity contribution in [3.05, 3.63) is 52.8 Å². The molecular weight excluding hydrogens is 278 g/mol. The second-order valence-corrected chi connectivity index (χ2v) is 5.07. The van der Waals surface area contributed by atoms with Gasteiger partial charge >= 0.3 is 0 Å². The van der Waals surface area contributed by atoms with Crippen LogP contribution in [0.1, 0.15) is 5.56 Å². The summed E-state index contributed by atoms with van der Waals surface area (Å²) in [6.07, 6.45) is 4.86. The normalized spacial score (nSPS) is 11.0. The molecule has 0 radical (unpaired) electrons. The smallest absolute Gasteiger partial charge is 0.0926 e. The molecule has 1 aromatic heterocycles. The van der Waals surface area contributed by atoms with Crippen LogP contribution >= 0.6 is 15.9 Å². The highest BCUT2D eigenvalue weighted by Gasteiger charge is 2.01. The van der Waals surface area contributed by atoms with E-state index in [9.17, 15) is 0 Å². The van der Waals surface area contributed by atoms with Crippen molar-refractivity contribution in [2.24, 2.45) is 0 Å². The molecule has 90 valence electrons. The van der Waals surface area contributed by atoms with Crippen molar-refractivity contribution >= 4 is 15.9 Å². The van der Waals surface area contributed by atoms with Gasteiger partial charge in [0.15, 0.2) is 0 Å². The Morgan fingerprint density at radius 3 is 2.71 bits per heavy atom. The standard InChI is InChI=1S/C13H16BrN3/c1-16(11-17-10-13(14)9-15-17)8-7-12-5-3-2-4-6-12/h2-6,9-10H,7-8,11H2,1H3. The topological polar surface area (TPSA) is 21.1 Å². The zero-order valence-corrected chi connectivity index (χ0v) is 11.5. The fourth-order valence-electron chi connectivity index (χ4n) is 1.70. The lowest BCUT2D eigenvalue weighted by Crippen LogP contribution is -2.24. The van der Waals surface area contributed by atoms with Gasteiger partial charge in [-0.3, -0.25) is 9.58 Å².